The fourth-order valence-electron chi connectivity index (χ4n) is 5.39. The first-order valence-electron chi connectivity index (χ1n) is 13.8. The fraction of sp³-hybridized carbons (Fsp3) is 0.552. The second-order valence-electron chi connectivity index (χ2n) is 10.9. The minimum absolute atomic E-state index is 0.0296. The Bertz CT molecular complexity index is 1150. The third kappa shape index (κ3) is 6.73. The van der Waals surface area contributed by atoms with Crippen LogP contribution in [-0.4, -0.2) is 68.6 Å². The molecule has 0 bridgehead atoms. The van der Waals surface area contributed by atoms with E-state index in [2.05, 4.69) is 25.9 Å². The van der Waals surface area contributed by atoms with Crippen LogP contribution in [-0.2, 0) is 4.74 Å². The Morgan fingerprint density at radius 1 is 1.15 bits per heavy atom. The van der Waals surface area contributed by atoms with Gasteiger partial charge in [0, 0.05) is 42.7 Å². The van der Waals surface area contributed by atoms with Crippen LogP contribution in [0.25, 0.3) is 0 Å². The summed E-state index contributed by atoms with van der Waals surface area (Å²) in [7, 11) is 0. The molecule has 1 saturated carbocycles. The fourth-order valence-corrected chi connectivity index (χ4v) is 5.92. The topological polar surface area (TPSA) is 86.3 Å². The van der Waals surface area contributed by atoms with Crippen LogP contribution in [0.5, 0.6) is 5.75 Å². The van der Waals surface area contributed by atoms with Crippen molar-refractivity contribution in [3.63, 3.8) is 0 Å². The number of alkyl halides is 1. The molecule has 3 N–H and O–H groups in total. The quantitative estimate of drug-likeness (QED) is 0.339. The number of halogens is 1. The molecule has 2 atom stereocenters. The monoisotopic (exact) mass is 558 g/mol. The number of hydrogen-bond donors (Lipinski definition) is 3. The highest BCUT2D eigenvalue weighted by atomic mass is 32.2. The predicted molar refractivity (Wildman–Crippen MR) is 156 cm³/mol. The molecule has 5 rings (SSSR count). The Labute approximate surface area is 234 Å². The largest absolute Gasteiger partial charge is 0.461 e. The van der Waals surface area contributed by atoms with Crippen molar-refractivity contribution < 1.29 is 23.8 Å². The van der Waals surface area contributed by atoms with Crippen LogP contribution >= 0.6 is 11.9 Å². The van der Waals surface area contributed by atoms with Crippen molar-refractivity contribution in [2.75, 3.05) is 66.1 Å². The van der Waals surface area contributed by atoms with E-state index >= 15 is 0 Å². The van der Waals surface area contributed by atoms with Gasteiger partial charge in [0.15, 0.2) is 0 Å². The first kappa shape index (κ1) is 27.9. The van der Waals surface area contributed by atoms with Gasteiger partial charge in [-0.15, -0.1) is 0 Å². The van der Waals surface area contributed by atoms with E-state index in [4.69, 9.17) is 9.47 Å². The molecule has 0 radical (unpaired) electrons. The molecular formula is C29H39FN4O4S. The number of hydrogen-bond acceptors (Lipinski definition) is 8. The molecule has 1 aliphatic carbocycles. The third-order valence-electron chi connectivity index (χ3n) is 8.02. The lowest BCUT2D eigenvalue weighted by Crippen LogP contribution is -2.41. The van der Waals surface area contributed by atoms with Gasteiger partial charge in [0.25, 0.3) is 5.91 Å². The Hall–Kier alpha value is -2.69. The number of anilines is 4. The van der Waals surface area contributed by atoms with Crippen molar-refractivity contribution in [1.82, 2.24) is 0 Å². The average Bonchev–Trinajstić information content (AvgIpc) is 3.71. The molecule has 212 valence electrons. The summed E-state index contributed by atoms with van der Waals surface area (Å²) < 4.78 is 27.4. The van der Waals surface area contributed by atoms with Gasteiger partial charge in [-0.1, -0.05) is 0 Å². The summed E-state index contributed by atoms with van der Waals surface area (Å²) in [5.74, 6) is 0.182. The van der Waals surface area contributed by atoms with Crippen LogP contribution < -0.4 is 24.6 Å². The summed E-state index contributed by atoms with van der Waals surface area (Å²) in [4.78, 5) is 18.0. The summed E-state index contributed by atoms with van der Waals surface area (Å²) in [6.45, 7) is 6.86. The molecule has 2 aromatic carbocycles. The maximum absolute atomic E-state index is 13.5. The molecule has 0 aromatic heterocycles. The summed E-state index contributed by atoms with van der Waals surface area (Å²) in [5.41, 5.74) is 4.38. The molecule has 2 aromatic rings. The van der Waals surface area contributed by atoms with Crippen molar-refractivity contribution in [2.24, 2.45) is 5.41 Å². The van der Waals surface area contributed by atoms with Crippen LogP contribution in [0.15, 0.2) is 36.4 Å². The number of morpholine rings is 1. The predicted octanol–water partition coefficient (Wildman–Crippen LogP) is 5.29. The smallest absolute Gasteiger partial charge is 0.255 e. The van der Waals surface area contributed by atoms with Gasteiger partial charge in [-0.3, -0.25) is 4.79 Å². The molecule has 1 amide bonds. The van der Waals surface area contributed by atoms with E-state index in [1.807, 2.05) is 26.0 Å². The lowest BCUT2D eigenvalue weighted by atomic mass is 9.93. The average molecular weight is 559 g/mol. The van der Waals surface area contributed by atoms with Gasteiger partial charge < -0.3 is 34.4 Å². The molecule has 39 heavy (non-hydrogen) atoms. The second kappa shape index (κ2) is 12.2. The number of amides is 1. The number of carbonyl (C=O) groups is 1. The van der Waals surface area contributed by atoms with E-state index in [1.165, 1.54) is 37.6 Å². The molecule has 2 aliphatic heterocycles. The second-order valence-corrected chi connectivity index (χ2v) is 12.2. The molecule has 2 heterocycles. The first-order chi connectivity index (χ1) is 18.9. The molecule has 1 spiro atoms. The van der Waals surface area contributed by atoms with E-state index in [1.54, 1.807) is 18.2 Å². The van der Waals surface area contributed by atoms with Crippen LogP contribution in [0, 0.1) is 5.41 Å². The number of rotatable bonds is 10. The van der Waals surface area contributed by atoms with Crippen molar-refractivity contribution in [3.05, 3.63) is 42.0 Å². The van der Waals surface area contributed by atoms with Crippen LogP contribution in [0.2, 0.25) is 0 Å². The molecule has 10 heteroatoms. The minimum atomic E-state index is -0.936. The molecule has 3 aliphatic rings. The van der Waals surface area contributed by atoms with E-state index in [0.717, 1.165) is 30.2 Å². The van der Waals surface area contributed by atoms with Gasteiger partial charge in [-0.05, 0) is 93.3 Å². The number of aliphatic hydroxyl groups excluding tert-OH is 1. The Morgan fingerprint density at radius 2 is 1.95 bits per heavy atom. The SMILES string of the molecule is C[C@@H]1CN(c2cc(C(=O)Nc3ccc(NS[C@H](C)CO)cc3N3CCC4(CC3)CC4)ccc2OCF)CCO1. The Morgan fingerprint density at radius 3 is 2.64 bits per heavy atom. The van der Waals surface area contributed by atoms with E-state index in [0.29, 0.717) is 42.1 Å². The summed E-state index contributed by atoms with van der Waals surface area (Å²) >= 11 is 1.47. The lowest BCUT2D eigenvalue weighted by Gasteiger charge is -2.35. The van der Waals surface area contributed by atoms with E-state index in [-0.39, 0.29) is 23.9 Å². The number of nitrogens with zero attached hydrogens (tertiary/aromatic N) is 2. The normalized spacial score (nSPS) is 21.0. The highest BCUT2D eigenvalue weighted by Crippen LogP contribution is 2.54. The summed E-state index contributed by atoms with van der Waals surface area (Å²) in [6, 6.07) is 11.1. The zero-order chi connectivity index (χ0) is 27.4. The minimum Gasteiger partial charge on any atom is -0.461 e. The van der Waals surface area contributed by atoms with Gasteiger partial charge >= 0.3 is 0 Å². The lowest BCUT2D eigenvalue weighted by molar-refractivity contribution is 0.0529. The zero-order valence-electron chi connectivity index (χ0n) is 22.7. The van der Waals surface area contributed by atoms with Crippen molar-refractivity contribution >= 4 is 40.6 Å². The van der Waals surface area contributed by atoms with Gasteiger partial charge in [0.2, 0.25) is 6.86 Å². The highest BCUT2D eigenvalue weighted by molar-refractivity contribution is 8.01. The molecule has 3 fully saturated rings. The number of ether oxygens (including phenoxy) is 2. The standard InChI is InChI=1S/C29H39FN4O4S/c1-20-17-34(13-14-37-20)26-15-22(3-6-27(26)38-19-30)28(36)31-24-5-4-23(32-39-21(2)18-35)16-25(24)33-11-9-29(7-8-29)10-12-33/h3-6,15-16,20-21,32,35H,7-14,17-19H2,1-2H3,(H,31,36)/t20-,21-/m1/s1. The first-order valence-corrected chi connectivity index (χ1v) is 14.7. The number of aliphatic hydroxyl groups is 1. The zero-order valence-corrected chi connectivity index (χ0v) is 23.6. The van der Waals surface area contributed by atoms with E-state index in [9.17, 15) is 14.3 Å². The third-order valence-corrected chi connectivity index (χ3v) is 8.92. The molecule has 8 nitrogen and oxygen atoms in total. The van der Waals surface area contributed by atoms with Gasteiger partial charge in [0.05, 0.1) is 36.4 Å². The number of nitrogens with one attached hydrogen (secondary N) is 2. The van der Waals surface area contributed by atoms with Gasteiger partial charge in [0.1, 0.15) is 5.75 Å². The Kier molecular flexibility index (Phi) is 8.73. The Balaban J connectivity index is 1.38. The number of piperidine rings is 1. The van der Waals surface area contributed by atoms with Crippen LogP contribution in [0.4, 0.5) is 27.1 Å². The number of benzene rings is 2. The molecular weight excluding hydrogens is 519 g/mol. The summed E-state index contributed by atoms with van der Waals surface area (Å²) in [6.07, 6.45) is 5.03. The van der Waals surface area contributed by atoms with E-state index < -0.39 is 6.86 Å². The molecule has 2 saturated heterocycles. The maximum Gasteiger partial charge on any atom is 0.255 e. The molecule has 0 unspecified atom stereocenters. The van der Waals surface area contributed by atoms with Crippen molar-refractivity contribution in [2.45, 2.75) is 50.9 Å². The van der Waals surface area contributed by atoms with Crippen LogP contribution in [0.1, 0.15) is 49.9 Å². The van der Waals surface area contributed by atoms with Gasteiger partial charge in [-0.2, -0.15) is 0 Å². The van der Waals surface area contributed by atoms with Gasteiger partial charge in [-0.25, -0.2) is 4.39 Å². The number of carbonyl (C=O) groups excluding carboxylic acids is 1. The van der Waals surface area contributed by atoms with Crippen molar-refractivity contribution in [1.29, 1.82) is 0 Å². The summed E-state index contributed by atoms with van der Waals surface area (Å²) in [5, 5.41) is 12.6. The van der Waals surface area contributed by atoms with Crippen molar-refractivity contribution in [3.8, 4) is 5.75 Å². The maximum atomic E-state index is 13.5. The highest BCUT2D eigenvalue weighted by Gasteiger charge is 2.44. The van der Waals surface area contributed by atoms with Crippen LogP contribution in [0.3, 0.4) is 0 Å².